The van der Waals surface area contributed by atoms with Crippen molar-refractivity contribution in [2.24, 2.45) is 13.0 Å². The fourth-order valence-electron chi connectivity index (χ4n) is 5.05. The largest absolute Gasteiger partial charge is 0.410 e. The van der Waals surface area contributed by atoms with Crippen LogP contribution in [0.3, 0.4) is 0 Å². The number of rotatable bonds is 3. The minimum atomic E-state index is -4.45. The van der Waals surface area contributed by atoms with Gasteiger partial charge in [-0.05, 0) is 49.6 Å². The lowest BCUT2D eigenvalue weighted by molar-refractivity contribution is -0.174. The van der Waals surface area contributed by atoms with Crippen molar-refractivity contribution in [1.82, 2.24) is 24.5 Å². The van der Waals surface area contributed by atoms with Crippen molar-refractivity contribution in [3.63, 3.8) is 0 Å². The topological polar surface area (TPSA) is 68.8 Å². The number of aryl methyl sites for hydroxylation is 2. The lowest BCUT2D eigenvalue weighted by atomic mass is 9.96. The second kappa shape index (κ2) is 7.39. The zero-order valence-electron chi connectivity index (χ0n) is 18.5. The van der Waals surface area contributed by atoms with Crippen LogP contribution in [0.15, 0.2) is 35.8 Å². The summed E-state index contributed by atoms with van der Waals surface area (Å²) in [5.74, 6) is -0.123. The summed E-state index contributed by atoms with van der Waals surface area (Å²) in [6, 6.07) is 4.78. The maximum absolute atomic E-state index is 14.2. The van der Waals surface area contributed by atoms with Gasteiger partial charge in [-0.25, -0.2) is 9.67 Å². The van der Waals surface area contributed by atoms with Crippen molar-refractivity contribution in [1.29, 1.82) is 0 Å². The highest BCUT2D eigenvalue weighted by atomic mass is 32.1. The monoisotopic (exact) mass is 486 g/mol. The molecule has 7 nitrogen and oxygen atoms in total. The zero-order valence-corrected chi connectivity index (χ0v) is 19.3. The molecular weight excluding hydrogens is 465 g/mol. The highest BCUT2D eigenvalue weighted by molar-refractivity contribution is 7.13. The van der Waals surface area contributed by atoms with Crippen LogP contribution < -0.4 is 4.90 Å². The Balaban J connectivity index is 1.54. The van der Waals surface area contributed by atoms with Gasteiger partial charge in [0, 0.05) is 19.2 Å². The number of alkyl halides is 3. The Bertz CT molecular complexity index is 1400. The Labute approximate surface area is 196 Å². The van der Waals surface area contributed by atoms with E-state index in [0.717, 1.165) is 22.4 Å². The molecule has 2 atom stereocenters. The molecule has 0 bridgehead atoms. The molecule has 1 aliphatic carbocycles. The molecule has 2 unspecified atom stereocenters. The number of nitrogens with zero attached hydrogens (tertiary/aromatic N) is 6. The molecule has 1 amide bonds. The van der Waals surface area contributed by atoms with Crippen molar-refractivity contribution >= 4 is 34.1 Å². The Hall–Kier alpha value is -3.21. The summed E-state index contributed by atoms with van der Waals surface area (Å²) in [6.45, 7) is 1.81. The smallest absolute Gasteiger partial charge is 0.289 e. The van der Waals surface area contributed by atoms with Gasteiger partial charge in [0.25, 0.3) is 5.91 Å². The maximum Gasteiger partial charge on any atom is 0.410 e. The molecule has 4 aromatic rings. The molecule has 176 valence electrons. The summed E-state index contributed by atoms with van der Waals surface area (Å²) >= 11 is 1.51. The average Bonchev–Trinajstić information content (AvgIpc) is 3.18. The van der Waals surface area contributed by atoms with Crippen LogP contribution in [0.2, 0.25) is 0 Å². The van der Waals surface area contributed by atoms with Crippen LogP contribution >= 0.6 is 11.3 Å². The summed E-state index contributed by atoms with van der Waals surface area (Å²) in [7, 11) is 1.77. The highest BCUT2D eigenvalue weighted by Gasteiger charge is 2.52. The number of anilines is 1. The third-order valence-electron chi connectivity index (χ3n) is 6.72. The number of pyridine rings is 1. The molecule has 0 spiro atoms. The van der Waals surface area contributed by atoms with Gasteiger partial charge in [-0.15, -0.1) is 11.3 Å². The molecule has 0 N–H and O–H groups in total. The number of hydrogen-bond donors (Lipinski definition) is 0. The van der Waals surface area contributed by atoms with E-state index in [1.165, 1.54) is 28.5 Å². The number of aromatic nitrogens is 5. The second-order valence-corrected chi connectivity index (χ2v) is 9.89. The average molecular weight is 487 g/mol. The van der Waals surface area contributed by atoms with Gasteiger partial charge in [-0.1, -0.05) is 6.07 Å². The van der Waals surface area contributed by atoms with Crippen LogP contribution in [0.5, 0.6) is 0 Å². The Morgan fingerprint density at radius 3 is 2.71 bits per heavy atom. The number of carbonyl (C=O) groups is 1. The first-order valence-electron chi connectivity index (χ1n) is 11.1. The van der Waals surface area contributed by atoms with Crippen LogP contribution in [-0.2, 0) is 7.05 Å². The summed E-state index contributed by atoms with van der Waals surface area (Å²) in [5, 5.41) is 11.0. The molecule has 1 aliphatic heterocycles. The van der Waals surface area contributed by atoms with Crippen LogP contribution in [0, 0.1) is 12.8 Å². The van der Waals surface area contributed by atoms with Crippen LogP contribution in [0.1, 0.15) is 41.4 Å². The van der Waals surface area contributed by atoms with Gasteiger partial charge in [0.05, 0.1) is 33.4 Å². The quantitative estimate of drug-likeness (QED) is 0.402. The summed E-state index contributed by atoms with van der Waals surface area (Å²) in [4.78, 5) is 21.4. The van der Waals surface area contributed by atoms with E-state index in [1.54, 1.807) is 17.8 Å². The van der Waals surface area contributed by atoms with E-state index < -0.39 is 18.3 Å². The fraction of sp³-hybridized carbons (Fsp3) is 0.391. The Morgan fingerprint density at radius 2 is 2.03 bits per heavy atom. The predicted molar refractivity (Wildman–Crippen MR) is 122 cm³/mol. The van der Waals surface area contributed by atoms with E-state index >= 15 is 0 Å². The van der Waals surface area contributed by atoms with Gasteiger partial charge < -0.3 is 0 Å². The third-order valence-corrected chi connectivity index (χ3v) is 7.62. The standard InChI is InChI=1S/C23H21F3N6OS/c1-12-20-14(10-15(17-4-3-9-34-17)28-21(20)30(2)29-12)22(33)31-16(13-5-6-13)11-18(23(24,25)26)32-19(31)7-8-27-32/h3-4,7-10,13,16,18H,5-6,11H2,1-2H3. The lowest BCUT2D eigenvalue weighted by Crippen LogP contribution is -2.50. The number of thiophene rings is 1. The van der Waals surface area contributed by atoms with Crippen LogP contribution in [0.25, 0.3) is 21.6 Å². The number of carbonyl (C=O) groups excluding carboxylic acids is 1. The van der Waals surface area contributed by atoms with Crippen LogP contribution in [-0.4, -0.2) is 42.7 Å². The summed E-state index contributed by atoms with van der Waals surface area (Å²) in [6.07, 6.45) is -1.69. The normalized spacial score (nSPS) is 20.7. The van der Waals surface area contributed by atoms with Gasteiger partial charge in [0.2, 0.25) is 0 Å². The SMILES string of the molecule is Cc1nn(C)c2nc(-c3cccs3)cc(C(=O)N3c4ccnn4C(C(F)(F)F)CC3C3CC3)c12. The van der Waals surface area contributed by atoms with Gasteiger partial charge >= 0.3 is 6.18 Å². The zero-order chi connectivity index (χ0) is 23.8. The Morgan fingerprint density at radius 1 is 1.24 bits per heavy atom. The lowest BCUT2D eigenvalue weighted by Gasteiger charge is -2.40. The molecule has 0 aromatic carbocycles. The molecule has 0 saturated heterocycles. The number of hydrogen-bond acceptors (Lipinski definition) is 5. The van der Waals surface area contributed by atoms with Gasteiger partial charge in [-0.2, -0.15) is 23.4 Å². The first-order chi connectivity index (χ1) is 16.2. The fourth-order valence-corrected chi connectivity index (χ4v) is 5.73. The van der Waals surface area contributed by atoms with Crippen molar-refractivity contribution in [3.05, 3.63) is 47.1 Å². The summed E-state index contributed by atoms with van der Waals surface area (Å²) < 4.78 is 44.3. The number of amides is 1. The molecular formula is C23H21F3N6OS. The molecule has 1 saturated carbocycles. The minimum Gasteiger partial charge on any atom is -0.289 e. The van der Waals surface area contributed by atoms with Gasteiger partial charge in [-0.3, -0.25) is 14.4 Å². The molecule has 4 aromatic heterocycles. The van der Waals surface area contributed by atoms with Gasteiger partial charge in [0.1, 0.15) is 5.82 Å². The van der Waals surface area contributed by atoms with E-state index in [1.807, 2.05) is 24.4 Å². The van der Waals surface area contributed by atoms with Crippen molar-refractivity contribution < 1.29 is 18.0 Å². The molecule has 1 fully saturated rings. The first-order valence-corrected chi connectivity index (χ1v) is 11.9. The van der Waals surface area contributed by atoms with Crippen molar-refractivity contribution in [2.45, 2.75) is 44.4 Å². The maximum atomic E-state index is 14.2. The van der Waals surface area contributed by atoms with Crippen molar-refractivity contribution in [2.75, 3.05) is 4.90 Å². The molecule has 11 heteroatoms. The molecule has 5 heterocycles. The van der Waals surface area contributed by atoms with Crippen LogP contribution in [0.4, 0.5) is 19.0 Å². The van der Waals surface area contributed by atoms with Gasteiger partial charge in [0.15, 0.2) is 11.7 Å². The second-order valence-electron chi connectivity index (χ2n) is 8.95. The highest BCUT2D eigenvalue weighted by Crippen LogP contribution is 2.48. The molecule has 6 rings (SSSR count). The molecule has 34 heavy (non-hydrogen) atoms. The molecule has 2 aliphatic rings. The predicted octanol–water partition coefficient (Wildman–Crippen LogP) is 5.13. The summed E-state index contributed by atoms with van der Waals surface area (Å²) in [5.41, 5.74) is 2.24. The minimum absolute atomic E-state index is 0.0431. The van der Waals surface area contributed by atoms with E-state index in [-0.39, 0.29) is 24.1 Å². The van der Waals surface area contributed by atoms with E-state index in [9.17, 15) is 18.0 Å². The first kappa shape index (κ1) is 21.3. The third kappa shape index (κ3) is 3.24. The van der Waals surface area contributed by atoms with E-state index in [0.29, 0.717) is 28.0 Å². The number of fused-ring (bicyclic) bond motifs is 2. The number of halogens is 3. The van der Waals surface area contributed by atoms with E-state index in [2.05, 4.69) is 10.2 Å². The Kier molecular flexibility index (Phi) is 4.64. The van der Waals surface area contributed by atoms with E-state index in [4.69, 9.17) is 4.98 Å². The molecule has 0 radical (unpaired) electrons. The van der Waals surface area contributed by atoms with Crippen molar-refractivity contribution in [3.8, 4) is 10.6 Å².